The molecule has 0 unspecified atom stereocenters. The van der Waals surface area contributed by atoms with Crippen LogP contribution in [0.4, 0.5) is 4.39 Å². The fourth-order valence-corrected chi connectivity index (χ4v) is 1.53. The standard InChI is InChI=1S/C11H9FO2/c1-6-9-5-8(12)3-4-10(9)14-11(6)7(2)13/h3-5H,1-2H3. The maximum atomic E-state index is 12.9. The number of carbonyl (C=O) groups excluding carboxylic acids is 1. The summed E-state index contributed by atoms with van der Waals surface area (Å²) in [7, 11) is 0. The van der Waals surface area contributed by atoms with Crippen molar-refractivity contribution in [2.75, 3.05) is 0 Å². The summed E-state index contributed by atoms with van der Waals surface area (Å²) in [6.45, 7) is 3.18. The Labute approximate surface area is 80.3 Å². The molecule has 2 aromatic rings. The predicted molar refractivity (Wildman–Crippen MR) is 50.9 cm³/mol. The molecule has 0 aliphatic rings. The quantitative estimate of drug-likeness (QED) is 0.650. The molecule has 0 spiro atoms. The summed E-state index contributed by atoms with van der Waals surface area (Å²) in [5.74, 6) is -0.152. The number of fused-ring (bicyclic) bond motifs is 1. The number of halogens is 1. The highest BCUT2D eigenvalue weighted by atomic mass is 19.1. The molecule has 0 aliphatic carbocycles. The minimum Gasteiger partial charge on any atom is -0.453 e. The lowest BCUT2D eigenvalue weighted by molar-refractivity contribution is 0.0988. The van der Waals surface area contributed by atoms with Gasteiger partial charge in [-0.15, -0.1) is 0 Å². The summed E-state index contributed by atoms with van der Waals surface area (Å²) in [5.41, 5.74) is 1.25. The zero-order valence-electron chi connectivity index (χ0n) is 7.93. The highest BCUT2D eigenvalue weighted by molar-refractivity contribution is 5.98. The van der Waals surface area contributed by atoms with Crippen LogP contribution in [0.3, 0.4) is 0 Å². The fourth-order valence-electron chi connectivity index (χ4n) is 1.53. The van der Waals surface area contributed by atoms with Crippen molar-refractivity contribution in [3.8, 4) is 0 Å². The molecule has 2 rings (SSSR count). The van der Waals surface area contributed by atoms with Crippen LogP contribution in [0.1, 0.15) is 23.0 Å². The van der Waals surface area contributed by atoms with E-state index in [1.54, 1.807) is 6.92 Å². The van der Waals surface area contributed by atoms with Gasteiger partial charge in [-0.25, -0.2) is 4.39 Å². The lowest BCUT2D eigenvalue weighted by Gasteiger charge is -1.89. The van der Waals surface area contributed by atoms with Crippen LogP contribution in [0.5, 0.6) is 0 Å². The molecule has 72 valence electrons. The lowest BCUT2D eigenvalue weighted by Crippen LogP contribution is -1.90. The number of aryl methyl sites for hydroxylation is 1. The van der Waals surface area contributed by atoms with Gasteiger partial charge in [-0.1, -0.05) is 0 Å². The maximum Gasteiger partial charge on any atom is 0.195 e. The molecule has 2 nitrogen and oxygen atoms in total. The maximum absolute atomic E-state index is 12.9. The van der Waals surface area contributed by atoms with Gasteiger partial charge in [0.25, 0.3) is 0 Å². The molecule has 0 N–H and O–H groups in total. The zero-order chi connectivity index (χ0) is 10.3. The van der Waals surface area contributed by atoms with Crippen LogP contribution in [-0.4, -0.2) is 5.78 Å². The van der Waals surface area contributed by atoms with Crippen LogP contribution in [0.2, 0.25) is 0 Å². The van der Waals surface area contributed by atoms with E-state index < -0.39 is 0 Å². The van der Waals surface area contributed by atoms with E-state index in [9.17, 15) is 9.18 Å². The van der Waals surface area contributed by atoms with E-state index in [1.165, 1.54) is 25.1 Å². The summed E-state index contributed by atoms with van der Waals surface area (Å²) in [6.07, 6.45) is 0. The van der Waals surface area contributed by atoms with Gasteiger partial charge in [-0.05, 0) is 25.1 Å². The summed E-state index contributed by atoms with van der Waals surface area (Å²) >= 11 is 0. The van der Waals surface area contributed by atoms with E-state index in [0.717, 1.165) is 0 Å². The first kappa shape index (κ1) is 8.94. The number of hydrogen-bond acceptors (Lipinski definition) is 2. The molecule has 0 saturated carbocycles. The first-order valence-electron chi connectivity index (χ1n) is 4.29. The second kappa shape index (κ2) is 2.94. The summed E-state index contributed by atoms with van der Waals surface area (Å²) in [6, 6.07) is 4.22. The second-order valence-electron chi connectivity index (χ2n) is 3.25. The van der Waals surface area contributed by atoms with E-state index in [1.807, 2.05) is 0 Å². The van der Waals surface area contributed by atoms with Crippen molar-refractivity contribution in [2.45, 2.75) is 13.8 Å². The monoisotopic (exact) mass is 192 g/mol. The highest BCUT2D eigenvalue weighted by Crippen LogP contribution is 2.25. The molecule has 0 amide bonds. The number of Topliss-reactive ketones (excluding diaryl/α,β-unsaturated/α-hetero) is 1. The van der Waals surface area contributed by atoms with Crippen LogP contribution in [0.25, 0.3) is 11.0 Å². The van der Waals surface area contributed by atoms with Gasteiger partial charge < -0.3 is 4.42 Å². The summed E-state index contributed by atoms with van der Waals surface area (Å²) in [5, 5.41) is 0.662. The van der Waals surface area contributed by atoms with Crippen molar-refractivity contribution in [3.05, 3.63) is 35.3 Å². The van der Waals surface area contributed by atoms with Crippen molar-refractivity contribution in [1.29, 1.82) is 0 Å². The zero-order valence-corrected chi connectivity index (χ0v) is 7.93. The summed E-state index contributed by atoms with van der Waals surface area (Å²) in [4.78, 5) is 11.1. The van der Waals surface area contributed by atoms with E-state index in [4.69, 9.17) is 4.42 Å². The van der Waals surface area contributed by atoms with Gasteiger partial charge in [0.05, 0.1) is 0 Å². The normalized spacial score (nSPS) is 10.8. The van der Waals surface area contributed by atoms with Gasteiger partial charge in [-0.3, -0.25) is 4.79 Å². The molecule has 0 aliphatic heterocycles. The Morgan fingerprint density at radius 1 is 1.43 bits per heavy atom. The average Bonchev–Trinajstić information content (AvgIpc) is 2.44. The molecule has 0 atom stereocenters. The largest absolute Gasteiger partial charge is 0.453 e. The number of rotatable bonds is 1. The number of benzene rings is 1. The number of carbonyl (C=O) groups is 1. The van der Waals surface area contributed by atoms with Gasteiger partial charge in [0, 0.05) is 17.9 Å². The van der Waals surface area contributed by atoms with Gasteiger partial charge in [0.1, 0.15) is 11.4 Å². The number of furan rings is 1. The molecule has 1 aromatic heterocycles. The van der Waals surface area contributed by atoms with Gasteiger partial charge >= 0.3 is 0 Å². The van der Waals surface area contributed by atoms with Crippen LogP contribution >= 0.6 is 0 Å². The van der Waals surface area contributed by atoms with Crippen LogP contribution in [-0.2, 0) is 0 Å². The third kappa shape index (κ3) is 1.21. The topological polar surface area (TPSA) is 30.2 Å². The van der Waals surface area contributed by atoms with E-state index in [2.05, 4.69) is 0 Å². The molecular weight excluding hydrogens is 183 g/mol. The van der Waals surface area contributed by atoms with Gasteiger partial charge in [0.15, 0.2) is 11.5 Å². The SMILES string of the molecule is CC(=O)c1oc2ccc(F)cc2c1C. The minimum absolute atomic E-state index is 0.140. The van der Waals surface area contributed by atoms with Crippen molar-refractivity contribution in [2.24, 2.45) is 0 Å². The fraction of sp³-hybridized carbons (Fsp3) is 0.182. The van der Waals surface area contributed by atoms with Crippen molar-refractivity contribution < 1.29 is 13.6 Å². The Bertz CT molecular complexity index is 511. The minimum atomic E-state index is -0.323. The van der Waals surface area contributed by atoms with E-state index in [0.29, 0.717) is 22.3 Å². The smallest absolute Gasteiger partial charge is 0.195 e. The van der Waals surface area contributed by atoms with E-state index >= 15 is 0 Å². The number of hydrogen-bond donors (Lipinski definition) is 0. The Kier molecular flexibility index (Phi) is 1.88. The van der Waals surface area contributed by atoms with Gasteiger partial charge in [0.2, 0.25) is 0 Å². The molecule has 0 bridgehead atoms. The first-order valence-corrected chi connectivity index (χ1v) is 4.29. The summed E-state index contributed by atoms with van der Waals surface area (Å²) < 4.78 is 18.2. The van der Waals surface area contributed by atoms with E-state index in [-0.39, 0.29) is 11.6 Å². The first-order chi connectivity index (χ1) is 6.59. The molecule has 1 heterocycles. The Balaban J connectivity index is 2.80. The Morgan fingerprint density at radius 3 is 2.79 bits per heavy atom. The van der Waals surface area contributed by atoms with Crippen LogP contribution in [0.15, 0.2) is 22.6 Å². The number of ketones is 1. The molecule has 3 heteroatoms. The van der Waals surface area contributed by atoms with Crippen molar-refractivity contribution in [3.63, 3.8) is 0 Å². The molecule has 0 fully saturated rings. The molecule has 1 aromatic carbocycles. The molecule has 14 heavy (non-hydrogen) atoms. The van der Waals surface area contributed by atoms with Crippen molar-refractivity contribution >= 4 is 16.8 Å². The second-order valence-corrected chi connectivity index (χ2v) is 3.25. The Morgan fingerprint density at radius 2 is 2.14 bits per heavy atom. The third-order valence-electron chi connectivity index (χ3n) is 2.22. The third-order valence-corrected chi connectivity index (χ3v) is 2.22. The average molecular weight is 192 g/mol. The van der Waals surface area contributed by atoms with Gasteiger partial charge in [-0.2, -0.15) is 0 Å². The van der Waals surface area contributed by atoms with Crippen LogP contribution in [0, 0.1) is 12.7 Å². The van der Waals surface area contributed by atoms with Crippen LogP contribution < -0.4 is 0 Å². The Hall–Kier alpha value is -1.64. The lowest BCUT2D eigenvalue weighted by atomic mass is 10.1. The molecule has 0 radical (unpaired) electrons. The predicted octanol–water partition coefficient (Wildman–Crippen LogP) is 3.08. The molecule has 0 saturated heterocycles. The highest BCUT2D eigenvalue weighted by Gasteiger charge is 2.13. The van der Waals surface area contributed by atoms with Crippen molar-refractivity contribution in [1.82, 2.24) is 0 Å². The molecular formula is C11H9FO2.